The molecule has 106 valence electrons. The zero-order valence-electron chi connectivity index (χ0n) is 10.7. The lowest BCUT2D eigenvalue weighted by Gasteiger charge is -2.14. The lowest BCUT2D eigenvalue weighted by Crippen LogP contribution is -2.01. The molecule has 0 heterocycles. The maximum Gasteiger partial charge on any atom is 0.125 e. The van der Waals surface area contributed by atoms with Gasteiger partial charge in [0.2, 0.25) is 0 Å². The van der Waals surface area contributed by atoms with Crippen molar-refractivity contribution >= 4 is 31.9 Å². The molecule has 1 N–H and O–H groups in total. The first kappa shape index (κ1) is 15.5. The SMILES string of the molecule is C[C@@H](O)c1cc(Br)ccc1OCc1ccc(F)cc1Br. The van der Waals surface area contributed by atoms with Crippen molar-refractivity contribution in [2.45, 2.75) is 19.6 Å². The third-order valence-electron chi connectivity index (χ3n) is 2.82. The monoisotopic (exact) mass is 402 g/mol. The summed E-state index contributed by atoms with van der Waals surface area (Å²) in [5, 5.41) is 9.76. The Morgan fingerprint density at radius 1 is 1.20 bits per heavy atom. The molecule has 0 fully saturated rings. The van der Waals surface area contributed by atoms with E-state index in [1.54, 1.807) is 19.1 Å². The molecule has 0 aliphatic carbocycles. The summed E-state index contributed by atoms with van der Waals surface area (Å²) in [6.07, 6.45) is -0.626. The molecule has 0 radical (unpaired) electrons. The molecule has 2 aromatic carbocycles. The molecular formula is C15H13Br2FO2. The number of aliphatic hydroxyl groups excluding tert-OH is 1. The fraction of sp³-hybridized carbons (Fsp3) is 0.200. The van der Waals surface area contributed by atoms with Crippen LogP contribution in [-0.2, 0) is 6.61 Å². The van der Waals surface area contributed by atoms with Crippen LogP contribution < -0.4 is 4.74 Å². The highest BCUT2D eigenvalue weighted by Crippen LogP contribution is 2.29. The number of halogens is 3. The van der Waals surface area contributed by atoms with Gasteiger partial charge in [-0.2, -0.15) is 0 Å². The molecule has 5 heteroatoms. The Balaban J connectivity index is 2.18. The van der Waals surface area contributed by atoms with Crippen LogP contribution in [0.25, 0.3) is 0 Å². The molecule has 0 amide bonds. The second kappa shape index (κ2) is 6.70. The van der Waals surface area contributed by atoms with Gasteiger partial charge >= 0.3 is 0 Å². The Morgan fingerprint density at radius 2 is 1.95 bits per heavy atom. The van der Waals surface area contributed by atoms with Gasteiger partial charge in [0.25, 0.3) is 0 Å². The Bertz CT molecular complexity index is 615. The summed E-state index contributed by atoms with van der Waals surface area (Å²) in [5.41, 5.74) is 1.54. The van der Waals surface area contributed by atoms with Gasteiger partial charge in [0.1, 0.15) is 18.2 Å². The van der Waals surface area contributed by atoms with Crippen LogP contribution in [-0.4, -0.2) is 5.11 Å². The predicted molar refractivity (Wildman–Crippen MR) is 83.2 cm³/mol. The maximum atomic E-state index is 13.0. The van der Waals surface area contributed by atoms with Crippen molar-refractivity contribution in [3.05, 3.63) is 62.3 Å². The van der Waals surface area contributed by atoms with Crippen molar-refractivity contribution in [3.8, 4) is 5.75 Å². The number of hydrogen-bond donors (Lipinski definition) is 1. The summed E-state index contributed by atoms with van der Waals surface area (Å²) in [7, 11) is 0. The highest BCUT2D eigenvalue weighted by atomic mass is 79.9. The Kier molecular flexibility index (Phi) is 5.18. The van der Waals surface area contributed by atoms with E-state index in [0.717, 1.165) is 10.0 Å². The number of aliphatic hydroxyl groups is 1. The molecule has 20 heavy (non-hydrogen) atoms. The van der Waals surface area contributed by atoms with Crippen molar-refractivity contribution in [2.24, 2.45) is 0 Å². The Labute approximate surface area is 133 Å². The lowest BCUT2D eigenvalue weighted by atomic mass is 10.1. The van der Waals surface area contributed by atoms with E-state index in [9.17, 15) is 9.50 Å². The highest BCUT2D eigenvalue weighted by molar-refractivity contribution is 9.10. The van der Waals surface area contributed by atoms with Gasteiger partial charge in [0, 0.05) is 20.1 Å². The zero-order chi connectivity index (χ0) is 14.7. The summed E-state index contributed by atoms with van der Waals surface area (Å²) in [6, 6.07) is 9.92. The second-order valence-electron chi connectivity index (χ2n) is 4.38. The molecule has 0 aliphatic rings. The van der Waals surface area contributed by atoms with Crippen molar-refractivity contribution in [2.75, 3.05) is 0 Å². The second-order valence-corrected chi connectivity index (χ2v) is 6.15. The quantitative estimate of drug-likeness (QED) is 0.779. The van der Waals surface area contributed by atoms with Gasteiger partial charge in [-0.25, -0.2) is 4.39 Å². The van der Waals surface area contributed by atoms with E-state index in [1.165, 1.54) is 12.1 Å². The van der Waals surface area contributed by atoms with Crippen LogP contribution in [0.5, 0.6) is 5.75 Å². The van der Waals surface area contributed by atoms with Gasteiger partial charge in [-0.05, 0) is 37.3 Å². The van der Waals surface area contributed by atoms with Crippen LogP contribution in [0.1, 0.15) is 24.2 Å². The summed E-state index contributed by atoms with van der Waals surface area (Å²) in [5.74, 6) is 0.313. The Hall–Kier alpha value is -0.910. The van der Waals surface area contributed by atoms with Crippen LogP contribution in [0, 0.1) is 5.82 Å². The average molecular weight is 404 g/mol. The first-order valence-corrected chi connectivity index (χ1v) is 7.60. The summed E-state index contributed by atoms with van der Waals surface area (Å²) in [6.45, 7) is 1.98. The summed E-state index contributed by atoms with van der Waals surface area (Å²) >= 11 is 6.67. The first-order valence-electron chi connectivity index (χ1n) is 6.01. The van der Waals surface area contributed by atoms with E-state index in [-0.39, 0.29) is 5.82 Å². The van der Waals surface area contributed by atoms with Crippen LogP contribution >= 0.6 is 31.9 Å². The normalized spacial score (nSPS) is 12.2. The van der Waals surface area contributed by atoms with Crippen molar-refractivity contribution in [3.63, 3.8) is 0 Å². The molecular weight excluding hydrogens is 391 g/mol. The van der Waals surface area contributed by atoms with Crippen molar-refractivity contribution < 1.29 is 14.2 Å². The fourth-order valence-electron chi connectivity index (χ4n) is 1.77. The molecule has 2 rings (SSSR count). The zero-order valence-corrected chi connectivity index (χ0v) is 13.9. The molecule has 0 unspecified atom stereocenters. The summed E-state index contributed by atoms with van der Waals surface area (Å²) < 4.78 is 20.3. The topological polar surface area (TPSA) is 29.5 Å². The molecule has 2 nitrogen and oxygen atoms in total. The van der Waals surface area contributed by atoms with Gasteiger partial charge in [-0.15, -0.1) is 0 Å². The van der Waals surface area contributed by atoms with E-state index >= 15 is 0 Å². The van der Waals surface area contributed by atoms with Crippen LogP contribution in [0.15, 0.2) is 45.3 Å². The van der Waals surface area contributed by atoms with E-state index in [2.05, 4.69) is 31.9 Å². The third-order valence-corrected chi connectivity index (χ3v) is 4.05. The van der Waals surface area contributed by atoms with Gasteiger partial charge in [0.05, 0.1) is 6.10 Å². The van der Waals surface area contributed by atoms with Gasteiger partial charge in [0.15, 0.2) is 0 Å². The van der Waals surface area contributed by atoms with E-state index < -0.39 is 6.10 Å². The molecule has 0 bridgehead atoms. The standard InChI is InChI=1S/C15H13Br2FO2/c1-9(19)13-6-11(16)3-5-15(13)20-8-10-2-4-12(18)7-14(10)17/h2-7,9,19H,8H2,1H3/t9-/m1/s1. The van der Waals surface area contributed by atoms with Crippen LogP contribution in [0.3, 0.4) is 0 Å². The van der Waals surface area contributed by atoms with Crippen molar-refractivity contribution in [1.82, 2.24) is 0 Å². The molecule has 0 saturated heterocycles. The van der Waals surface area contributed by atoms with Crippen LogP contribution in [0.2, 0.25) is 0 Å². The molecule has 0 aromatic heterocycles. The number of ether oxygens (including phenoxy) is 1. The van der Waals surface area contributed by atoms with E-state index in [0.29, 0.717) is 22.4 Å². The minimum absolute atomic E-state index is 0.294. The highest BCUT2D eigenvalue weighted by Gasteiger charge is 2.11. The minimum Gasteiger partial charge on any atom is -0.488 e. The third kappa shape index (κ3) is 3.81. The Morgan fingerprint density at radius 3 is 2.60 bits per heavy atom. The molecule has 2 aromatic rings. The minimum atomic E-state index is -0.626. The number of hydrogen-bond acceptors (Lipinski definition) is 2. The first-order chi connectivity index (χ1) is 9.47. The maximum absolute atomic E-state index is 13.0. The molecule has 0 saturated carbocycles. The molecule has 1 atom stereocenters. The lowest BCUT2D eigenvalue weighted by molar-refractivity contribution is 0.190. The fourth-order valence-corrected chi connectivity index (χ4v) is 2.62. The smallest absolute Gasteiger partial charge is 0.125 e. The number of rotatable bonds is 4. The van der Waals surface area contributed by atoms with E-state index in [1.807, 2.05) is 12.1 Å². The van der Waals surface area contributed by atoms with E-state index in [4.69, 9.17) is 4.74 Å². The summed E-state index contributed by atoms with van der Waals surface area (Å²) in [4.78, 5) is 0. The molecule has 0 aliphatic heterocycles. The average Bonchev–Trinajstić information content (AvgIpc) is 2.38. The van der Waals surface area contributed by atoms with Gasteiger partial charge in [-0.1, -0.05) is 37.9 Å². The van der Waals surface area contributed by atoms with Gasteiger partial charge < -0.3 is 9.84 Å². The van der Waals surface area contributed by atoms with Crippen LogP contribution in [0.4, 0.5) is 4.39 Å². The van der Waals surface area contributed by atoms with Crippen molar-refractivity contribution in [1.29, 1.82) is 0 Å². The number of benzene rings is 2. The van der Waals surface area contributed by atoms with Gasteiger partial charge in [-0.3, -0.25) is 0 Å². The molecule has 0 spiro atoms. The predicted octanol–water partition coefficient (Wildman–Crippen LogP) is 4.98. The largest absolute Gasteiger partial charge is 0.488 e.